The Bertz CT molecular complexity index is 1200. The Hall–Kier alpha value is -3.32. The van der Waals surface area contributed by atoms with E-state index in [0.717, 1.165) is 28.4 Å². The molecule has 7 heteroatoms. The largest absolute Gasteiger partial charge is 0.497 e. The first-order valence-electron chi connectivity index (χ1n) is 13.0. The zero-order chi connectivity index (χ0) is 27.5. The summed E-state index contributed by atoms with van der Waals surface area (Å²) in [6, 6.07) is 22.4. The highest BCUT2D eigenvalue weighted by molar-refractivity contribution is 9.10. The van der Waals surface area contributed by atoms with Gasteiger partial charge < -0.3 is 19.7 Å². The summed E-state index contributed by atoms with van der Waals surface area (Å²) in [6.07, 6.45) is 2.07. The highest BCUT2D eigenvalue weighted by Crippen LogP contribution is 2.27. The van der Waals surface area contributed by atoms with Gasteiger partial charge in [0.25, 0.3) is 5.91 Å². The molecule has 2 unspecified atom stereocenters. The first kappa shape index (κ1) is 29.2. The van der Waals surface area contributed by atoms with Crippen molar-refractivity contribution < 1.29 is 19.1 Å². The first-order chi connectivity index (χ1) is 18.3. The molecule has 0 aromatic heterocycles. The van der Waals surface area contributed by atoms with Crippen LogP contribution in [0.3, 0.4) is 0 Å². The lowest BCUT2D eigenvalue weighted by atomic mass is 10.0. The Balaban J connectivity index is 1.93. The molecule has 1 N–H and O–H groups in total. The lowest BCUT2D eigenvalue weighted by Crippen LogP contribution is -2.53. The molecule has 0 heterocycles. The van der Waals surface area contributed by atoms with E-state index in [2.05, 4.69) is 28.2 Å². The van der Waals surface area contributed by atoms with E-state index < -0.39 is 6.04 Å². The van der Waals surface area contributed by atoms with Gasteiger partial charge >= 0.3 is 0 Å². The average molecular weight is 582 g/mol. The van der Waals surface area contributed by atoms with Crippen LogP contribution < -0.4 is 14.8 Å². The van der Waals surface area contributed by atoms with Crippen molar-refractivity contribution >= 4 is 27.7 Å². The average Bonchev–Trinajstić information content (AvgIpc) is 2.94. The van der Waals surface area contributed by atoms with Crippen LogP contribution in [0.1, 0.15) is 43.9 Å². The molecular weight excluding hydrogens is 544 g/mol. The van der Waals surface area contributed by atoms with Crippen LogP contribution in [0.2, 0.25) is 0 Å². The maximum absolute atomic E-state index is 13.8. The number of aryl methyl sites for hydroxylation is 1. The molecule has 6 nitrogen and oxygen atoms in total. The van der Waals surface area contributed by atoms with E-state index in [1.807, 2.05) is 86.6 Å². The van der Waals surface area contributed by atoms with Crippen molar-refractivity contribution in [2.45, 2.75) is 58.7 Å². The molecule has 0 saturated carbocycles. The molecule has 202 valence electrons. The smallest absolute Gasteiger partial charge is 0.261 e. The maximum atomic E-state index is 13.8. The number of hydrogen-bond acceptors (Lipinski definition) is 4. The zero-order valence-corrected chi connectivity index (χ0v) is 24.2. The van der Waals surface area contributed by atoms with Crippen molar-refractivity contribution in [3.63, 3.8) is 0 Å². The fourth-order valence-corrected chi connectivity index (χ4v) is 4.61. The highest BCUT2D eigenvalue weighted by Gasteiger charge is 2.31. The molecular formula is C31H37BrN2O4. The predicted octanol–water partition coefficient (Wildman–Crippen LogP) is 5.95. The lowest BCUT2D eigenvalue weighted by Gasteiger charge is -2.32. The van der Waals surface area contributed by atoms with Crippen LogP contribution in [0.25, 0.3) is 0 Å². The monoisotopic (exact) mass is 580 g/mol. The molecule has 2 atom stereocenters. The summed E-state index contributed by atoms with van der Waals surface area (Å²) in [5, 5.41) is 3.08. The fourth-order valence-electron chi connectivity index (χ4n) is 4.07. The van der Waals surface area contributed by atoms with Gasteiger partial charge in [-0.2, -0.15) is 0 Å². The van der Waals surface area contributed by atoms with E-state index in [-0.39, 0.29) is 31.0 Å². The van der Waals surface area contributed by atoms with Gasteiger partial charge in [-0.3, -0.25) is 9.59 Å². The number of carbonyl (C=O) groups excluding carboxylic acids is 2. The number of amides is 2. The molecule has 0 aliphatic carbocycles. The topological polar surface area (TPSA) is 67.9 Å². The molecule has 2 amide bonds. The molecule has 0 aliphatic heterocycles. The van der Waals surface area contributed by atoms with Crippen molar-refractivity contribution in [1.82, 2.24) is 10.2 Å². The maximum Gasteiger partial charge on any atom is 0.261 e. The second-order valence-corrected chi connectivity index (χ2v) is 10.2. The lowest BCUT2D eigenvalue weighted by molar-refractivity contribution is -0.143. The van der Waals surface area contributed by atoms with Crippen LogP contribution >= 0.6 is 15.9 Å². The standard InChI is InChI=1S/C31H37BrN2O4/c1-5-22(3)33-31(36)28(19-24-11-8-7-9-12-24)34(20-25-13-10-14-26(17-25)37-4)30(35)21-38-29-16-15-23(6-2)18-27(29)32/h7-18,22,28H,5-6,19-21H2,1-4H3,(H,33,36). The minimum atomic E-state index is -0.723. The van der Waals surface area contributed by atoms with Gasteiger partial charge in [-0.15, -0.1) is 0 Å². The Morgan fingerprint density at radius 3 is 2.34 bits per heavy atom. The SMILES string of the molecule is CCc1ccc(OCC(=O)N(Cc2cccc(OC)c2)C(Cc2ccccc2)C(=O)NC(C)CC)c(Br)c1. The van der Waals surface area contributed by atoms with Crippen LogP contribution in [0.15, 0.2) is 77.3 Å². The minimum Gasteiger partial charge on any atom is -0.497 e. The minimum absolute atomic E-state index is 0.0150. The van der Waals surface area contributed by atoms with Gasteiger partial charge in [0.15, 0.2) is 6.61 Å². The van der Waals surface area contributed by atoms with Crippen molar-refractivity contribution in [1.29, 1.82) is 0 Å². The van der Waals surface area contributed by atoms with Gasteiger partial charge in [-0.25, -0.2) is 0 Å². The number of halogens is 1. The third kappa shape index (κ3) is 8.35. The van der Waals surface area contributed by atoms with Crippen LogP contribution in [0, 0.1) is 0 Å². The number of carbonyl (C=O) groups is 2. The van der Waals surface area contributed by atoms with Gasteiger partial charge in [0.05, 0.1) is 11.6 Å². The number of ether oxygens (including phenoxy) is 2. The highest BCUT2D eigenvalue weighted by atomic mass is 79.9. The van der Waals surface area contributed by atoms with Crippen LogP contribution in [0.5, 0.6) is 11.5 Å². The summed E-state index contributed by atoms with van der Waals surface area (Å²) in [4.78, 5) is 29.0. The quantitative estimate of drug-likeness (QED) is 0.271. The van der Waals surface area contributed by atoms with E-state index in [9.17, 15) is 9.59 Å². The molecule has 0 fully saturated rings. The van der Waals surface area contributed by atoms with E-state index in [4.69, 9.17) is 9.47 Å². The van der Waals surface area contributed by atoms with Crippen LogP contribution in [-0.2, 0) is 29.0 Å². The third-order valence-corrected chi connectivity index (χ3v) is 7.13. The Morgan fingerprint density at radius 1 is 0.947 bits per heavy atom. The molecule has 0 spiro atoms. The van der Waals surface area contributed by atoms with Gasteiger partial charge in [-0.05, 0) is 76.7 Å². The van der Waals surface area contributed by atoms with E-state index in [1.165, 1.54) is 5.56 Å². The summed E-state index contributed by atoms with van der Waals surface area (Å²) < 4.78 is 12.1. The molecule has 0 aliphatic rings. The van der Waals surface area contributed by atoms with E-state index >= 15 is 0 Å². The molecule has 0 bridgehead atoms. The fraction of sp³-hybridized carbons (Fsp3) is 0.355. The third-order valence-electron chi connectivity index (χ3n) is 6.51. The second-order valence-electron chi connectivity index (χ2n) is 9.30. The Kier molecular flexibility index (Phi) is 11.2. The molecule has 3 rings (SSSR count). The van der Waals surface area contributed by atoms with Gasteiger partial charge in [0, 0.05) is 19.0 Å². The van der Waals surface area contributed by atoms with Crippen molar-refractivity contribution in [3.8, 4) is 11.5 Å². The zero-order valence-electron chi connectivity index (χ0n) is 22.6. The van der Waals surface area contributed by atoms with Crippen molar-refractivity contribution in [3.05, 3.63) is 94.0 Å². The molecule has 0 saturated heterocycles. The second kappa shape index (κ2) is 14.6. The summed E-state index contributed by atoms with van der Waals surface area (Å²) in [5.74, 6) is 0.808. The molecule has 38 heavy (non-hydrogen) atoms. The number of methoxy groups -OCH3 is 1. The summed E-state index contributed by atoms with van der Waals surface area (Å²) in [7, 11) is 1.61. The number of nitrogens with zero attached hydrogens (tertiary/aromatic N) is 1. The molecule has 0 radical (unpaired) electrons. The summed E-state index contributed by atoms with van der Waals surface area (Å²) in [5.41, 5.74) is 3.00. The normalized spacial score (nSPS) is 12.3. The van der Waals surface area contributed by atoms with E-state index in [0.29, 0.717) is 17.9 Å². The number of nitrogens with one attached hydrogen (secondary N) is 1. The van der Waals surface area contributed by atoms with Crippen molar-refractivity contribution in [2.75, 3.05) is 13.7 Å². The predicted molar refractivity (Wildman–Crippen MR) is 154 cm³/mol. The number of rotatable bonds is 13. The van der Waals surface area contributed by atoms with Gasteiger partial charge in [0.2, 0.25) is 5.91 Å². The first-order valence-corrected chi connectivity index (χ1v) is 13.8. The summed E-state index contributed by atoms with van der Waals surface area (Å²) in [6.45, 7) is 6.11. The molecule has 3 aromatic carbocycles. The van der Waals surface area contributed by atoms with Gasteiger partial charge in [0.1, 0.15) is 17.5 Å². The van der Waals surface area contributed by atoms with Crippen molar-refractivity contribution in [2.24, 2.45) is 0 Å². The van der Waals surface area contributed by atoms with Crippen LogP contribution in [-0.4, -0.2) is 42.5 Å². The number of hydrogen-bond donors (Lipinski definition) is 1. The van der Waals surface area contributed by atoms with Gasteiger partial charge in [-0.1, -0.05) is 62.4 Å². The van der Waals surface area contributed by atoms with Crippen LogP contribution in [0.4, 0.5) is 0 Å². The summed E-state index contributed by atoms with van der Waals surface area (Å²) >= 11 is 3.55. The Labute approximate surface area is 234 Å². The number of benzene rings is 3. The van der Waals surface area contributed by atoms with E-state index in [1.54, 1.807) is 12.0 Å². The molecule has 3 aromatic rings. The Morgan fingerprint density at radius 2 is 1.68 bits per heavy atom.